The van der Waals surface area contributed by atoms with Gasteiger partial charge in [-0.2, -0.15) is 5.90 Å². The number of rotatable bonds is 1. The van der Waals surface area contributed by atoms with Crippen LogP contribution in [-0.2, 0) is 9.63 Å². The van der Waals surface area contributed by atoms with Crippen LogP contribution in [0.5, 0.6) is 0 Å². The summed E-state index contributed by atoms with van der Waals surface area (Å²) in [5.74, 6) is 4.00. The van der Waals surface area contributed by atoms with Gasteiger partial charge in [-0.25, -0.2) is 0 Å². The fraction of sp³-hybridized carbons (Fsp3) is 0.500. The Hall–Kier alpha value is -0.140. The standard InChI is InChI=1S/C2H6NO2P/c3-5-2(4)1-6/h1,3,6H2. The van der Waals surface area contributed by atoms with Crippen LogP contribution in [0.15, 0.2) is 0 Å². The fourth-order valence-electron chi connectivity index (χ4n) is 0.0481. The van der Waals surface area contributed by atoms with E-state index in [0.29, 0.717) is 0 Å². The highest BCUT2D eigenvalue weighted by Crippen LogP contribution is 1.78. The quantitative estimate of drug-likeness (QED) is 0.355. The molecule has 0 aliphatic heterocycles. The summed E-state index contributed by atoms with van der Waals surface area (Å²) in [6, 6.07) is 0. The van der Waals surface area contributed by atoms with Gasteiger partial charge in [0.05, 0.1) is 6.16 Å². The van der Waals surface area contributed by atoms with Gasteiger partial charge in [-0.15, -0.1) is 9.24 Å². The molecule has 1 atom stereocenters. The molecule has 0 radical (unpaired) electrons. The normalized spacial score (nSPS) is 7.67. The van der Waals surface area contributed by atoms with Crippen molar-refractivity contribution in [3.8, 4) is 0 Å². The Balaban J connectivity index is 2.99. The summed E-state index contributed by atoms with van der Waals surface area (Å²) in [6.07, 6.45) is 0.260. The minimum absolute atomic E-state index is 0.260. The van der Waals surface area contributed by atoms with Crippen molar-refractivity contribution in [2.24, 2.45) is 5.90 Å². The lowest BCUT2D eigenvalue weighted by Crippen LogP contribution is -2.09. The van der Waals surface area contributed by atoms with Gasteiger partial charge in [-0.3, -0.25) is 4.79 Å². The van der Waals surface area contributed by atoms with Crippen molar-refractivity contribution in [1.82, 2.24) is 0 Å². The molecule has 6 heavy (non-hydrogen) atoms. The van der Waals surface area contributed by atoms with E-state index in [0.717, 1.165) is 0 Å². The highest BCUT2D eigenvalue weighted by atomic mass is 31.0. The summed E-state index contributed by atoms with van der Waals surface area (Å²) in [7, 11) is 2.18. The number of carbonyl (C=O) groups is 1. The summed E-state index contributed by atoms with van der Waals surface area (Å²) in [4.78, 5) is 13.6. The predicted molar refractivity (Wildman–Crippen MR) is 24.9 cm³/mol. The van der Waals surface area contributed by atoms with Crippen molar-refractivity contribution in [3.05, 3.63) is 0 Å². The van der Waals surface area contributed by atoms with Crippen molar-refractivity contribution in [3.63, 3.8) is 0 Å². The monoisotopic (exact) mass is 107 g/mol. The van der Waals surface area contributed by atoms with Crippen molar-refractivity contribution in [2.45, 2.75) is 0 Å². The third-order valence-electron chi connectivity index (χ3n) is 0.298. The molecule has 0 aromatic rings. The van der Waals surface area contributed by atoms with E-state index in [2.05, 4.69) is 20.0 Å². The molecule has 0 fully saturated rings. The molecule has 0 aliphatic carbocycles. The second-order valence-corrected chi connectivity index (χ2v) is 1.10. The number of nitrogens with two attached hydrogens (primary N) is 1. The third kappa shape index (κ3) is 2.12. The number of carbonyl (C=O) groups excluding carboxylic acids is 1. The van der Waals surface area contributed by atoms with E-state index in [4.69, 9.17) is 0 Å². The third-order valence-corrected chi connectivity index (χ3v) is 0.631. The maximum atomic E-state index is 9.81. The molecule has 0 amide bonds. The second-order valence-electron chi connectivity index (χ2n) is 0.694. The Morgan fingerprint density at radius 3 is 2.50 bits per heavy atom. The van der Waals surface area contributed by atoms with Crippen molar-refractivity contribution >= 4 is 15.2 Å². The van der Waals surface area contributed by atoms with Crippen LogP contribution in [0.2, 0.25) is 0 Å². The van der Waals surface area contributed by atoms with E-state index < -0.39 is 5.97 Å². The Morgan fingerprint density at radius 1 is 2.00 bits per heavy atom. The molecule has 3 nitrogen and oxygen atoms in total. The van der Waals surface area contributed by atoms with Gasteiger partial charge in [-0.05, 0) is 0 Å². The molecular weight excluding hydrogens is 101 g/mol. The average Bonchev–Trinajstić information content (AvgIpc) is 1.65. The summed E-state index contributed by atoms with van der Waals surface area (Å²) >= 11 is 0. The van der Waals surface area contributed by atoms with Crippen LogP contribution in [0.1, 0.15) is 0 Å². The molecule has 0 aromatic heterocycles. The second kappa shape index (κ2) is 3.07. The van der Waals surface area contributed by atoms with Gasteiger partial charge in [0.2, 0.25) is 0 Å². The van der Waals surface area contributed by atoms with E-state index in [9.17, 15) is 4.79 Å². The zero-order valence-corrected chi connectivity index (χ0v) is 4.33. The molecule has 2 N–H and O–H groups in total. The van der Waals surface area contributed by atoms with Crippen molar-refractivity contribution in [1.29, 1.82) is 0 Å². The highest BCUT2D eigenvalue weighted by molar-refractivity contribution is 7.18. The zero-order valence-electron chi connectivity index (χ0n) is 3.18. The van der Waals surface area contributed by atoms with Gasteiger partial charge in [-0.1, -0.05) is 0 Å². The topological polar surface area (TPSA) is 52.3 Å². The summed E-state index contributed by atoms with van der Waals surface area (Å²) in [5.41, 5.74) is 0. The Bertz CT molecular complexity index is 49.5. The maximum absolute atomic E-state index is 9.81. The van der Waals surface area contributed by atoms with Crippen LogP contribution in [-0.4, -0.2) is 12.1 Å². The molecule has 0 aromatic carbocycles. The van der Waals surface area contributed by atoms with Gasteiger partial charge in [0.25, 0.3) is 0 Å². The van der Waals surface area contributed by atoms with E-state index in [1.54, 1.807) is 0 Å². The van der Waals surface area contributed by atoms with Gasteiger partial charge >= 0.3 is 5.97 Å². The first-order valence-corrected chi connectivity index (χ1v) is 2.22. The van der Waals surface area contributed by atoms with Crippen LogP contribution in [0.3, 0.4) is 0 Å². The molecule has 0 heterocycles. The lowest BCUT2D eigenvalue weighted by Gasteiger charge is -1.85. The SMILES string of the molecule is NOC(=O)CP. The van der Waals surface area contributed by atoms with Gasteiger partial charge in [0, 0.05) is 0 Å². The Labute approximate surface area is 38.0 Å². The molecule has 0 saturated heterocycles. The van der Waals surface area contributed by atoms with Gasteiger partial charge in [0.15, 0.2) is 0 Å². The molecular formula is C2H6NO2P. The highest BCUT2D eigenvalue weighted by Gasteiger charge is 1.89. The first-order chi connectivity index (χ1) is 2.81. The largest absolute Gasteiger partial charge is 0.373 e. The molecule has 0 bridgehead atoms. The Kier molecular flexibility index (Phi) is 2.99. The minimum Gasteiger partial charge on any atom is -0.373 e. The summed E-state index contributed by atoms with van der Waals surface area (Å²) in [6.45, 7) is 0. The van der Waals surface area contributed by atoms with E-state index in [-0.39, 0.29) is 6.16 Å². The van der Waals surface area contributed by atoms with Gasteiger partial charge < -0.3 is 4.84 Å². The van der Waals surface area contributed by atoms with Crippen molar-refractivity contribution < 1.29 is 9.63 Å². The smallest absolute Gasteiger partial charge is 0.328 e. The Morgan fingerprint density at radius 2 is 2.50 bits per heavy atom. The summed E-state index contributed by atoms with van der Waals surface area (Å²) in [5, 5.41) is 0. The van der Waals surface area contributed by atoms with Crippen LogP contribution >= 0.6 is 9.24 Å². The van der Waals surface area contributed by atoms with Crippen LogP contribution < -0.4 is 5.90 Å². The minimum atomic E-state index is -0.417. The van der Waals surface area contributed by atoms with E-state index in [1.165, 1.54) is 0 Å². The van der Waals surface area contributed by atoms with E-state index in [1.807, 2.05) is 0 Å². The van der Waals surface area contributed by atoms with E-state index >= 15 is 0 Å². The zero-order chi connectivity index (χ0) is 4.99. The number of hydrogen-bond acceptors (Lipinski definition) is 3. The molecule has 0 aliphatic rings. The van der Waals surface area contributed by atoms with Crippen molar-refractivity contribution in [2.75, 3.05) is 6.16 Å². The maximum Gasteiger partial charge on any atom is 0.328 e. The number of hydrogen-bond donors (Lipinski definition) is 1. The van der Waals surface area contributed by atoms with Crippen LogP contribution in [0, 0.1) is 0 Å². The molecule has 0 spiro atoms. The first kappa shape index (κ1) is 5.86. The average molecular weight is 107 g/mol. The molecule has 0 saturated carbocycles. The summed E-state index contributed by atoms with van der Waals surface area (Å²) < 4.78 is 0. The van der Waals surface area contributed by atoms with Gasteiger partial charge in [0.1, 0.15) is 0 Å². The molecule has 4 heteroatoms. The molecule has 1 unspecified atom stereocenters. The predicted octanol–water partition coefficient (Wildman–Crippen LogP) is -0.722. The van der Waals surface area contributed by atoms with Crippen LogP contribution in [0.4, 0.5) is 0 Å². The van der Waals surface area contributed by atoms with Crippen LogP contribution in [0.25, 0.3) is 0 Å². The molecule has 0 rings (SSSR count). The lowest BCUT2D eigenvalue weighted by molar-refractivity contribution is -0.140. The first-order valence-electron chi connectivity index (χ1n) is 1.41. The lowest BCUT2D eigenvalue weighted by atomic mass is 10.8. The molecule has 36 valence electrons. The fourth-order valence-corrected chi connectivity index (χ4v) is 0.144.